The smallest absolute Gasteiger partial charge is 0.237 e. The molecule has 0 fully saturated rings. The summed E-state index contributed by atoms with van der Waals surface area (Å²) < 4.78 is 0. The Hall–Kier alpha value is -0.830. The van der Waals surface area contributed by atoms with Crippen LogP contribution in [-0.2, 0) is 4.79 Å². The molecule has 1 amide bonds. The molecule has 3 nitrogen and oxygen atoms in total. The van der Waals surface area contributed by atoms with Gasteiger partial charge in [0.15, 0.2) is 0 Å². The largest absolute Gasteiger partial charge is 0.351 e. The van der Waals surface area contributed by atoms with Gasteiger partial charge in [-0.05, 0) is 14.0 Å². The fourth-order valence-electron chi connectivity index (χ4n) is 0.457. The van der Waals surface area contributed by atoms with E-state index in [9.17, 15) is 4.79 Å². The minimum atomic E-state index is -0.125. The Bertz CT molecular complexity index is 123. The van der Waals surface area contributed by atoms with Gasteiger partial charge >= 0.3 is 0 Å². The molecule has 0 saturated carbocycles. The lowest BCUT2D eigenvalue weighted by Crippen LogP contribution is -2.40. The Morgan fingerprint density at radius 1 is 1.80 bits per heavy atom. The predicted molar refractivity (Wildman–Crippen MR) is 41.7 cm³/mol. The lowest BCUT2D eigenvalue weighted by molar-refractivity contribution is -0.122. The van der Waals surface area contributed by atoms with E-state index in [0.29, 0.717) is 6.54 Å². The SMILES string of the molecule is C=CCNC(=O)C(C)NC. The van der Waals surface area contributed by atoms with Gasteiger partial charge in [0, 0.05) is 6.54 Å². The molecule has 58 valence electrons. The van der Waals surface area contributed by atoms with Crippen LogP contribution in [0.15, 0.2) is 12.7 Å². The number of hydrogen-bond donors (Lipinski definition) is 2. The average molecular weight is 142 g/mol. The van der Waals surface area contributed by atoms with Crippen LogP contribution >= 0.6 is 0 Å². The van der Waals surface area contributed by atoms with Crippen LogP contribution in [0.2, 0.25) is 0 Å². The monoisotopic (exact) mass is 142 g/mol. The number of amides is 1. The van der Waals surface area contributed by atoms with Gasteiger partial charge in [0.05, 0.1) is 6.04 Å². The summed E-state index contributed by atoms with van der Waals surface area (Å²) in [4.78, 5) is 10.9. The topological polar surface area (TPSA) is 41.1 Å². The lowest BCUT2D eigenvalue weighted by Gasteiger charge is -2.08. The van der Waals surface area contributed by atoms with E-state index >= 15 is 0 Å². The molecule has 0 aromatic rings. The van der Waals surface area contributed by atoms with Crippen molar-refractivity contribution in [3.05, 3.63) is 12.7 Å². The Balaban J connectivity index is 3.51. The normalized spacial score (nSPS) is 12.2. The van der Waals surface area contributed by atoms with E-state index in [4.69, 9.17) is 0 Å². The van der Waals surface area contributed by atoms with E-state index in [2.05, 4.69) is 17.2 Å². The molecule has 0 aliphatic carbocycles. The number of likely N-dealkylation sites (N-methyl/N-ethyl adjacent to an activating group) is 1. The van der Waals surface area contributed by atoms with E-state index in [1.807, 2.05) is 0 Å². The highest BCUT2D eigenvalue weighted by Gasteiger charge is 2.06. The van der Waals surface area contributed by atoms with Gasteiger partial charge in [-0.3, -0.25) is 4.79 Å². The number of carbonyl (C=O) groups excluding carboxylic acids is 1. The van der Waals surface area contributed by atoms with Gasteiger partial charge in [-0.25, -0.2) is 0 Å². The maximum Gasteiger partial charge on any atom is 0.237 e. The fourth-order valence-corrected chi connectivity index (χ4v) is 0.457. The quantitative estimate of drug-likeness (QED) is 0.538. The van der Waals surface area contributed by atoms with Gasteiger partial charge in [-0.1, -0.05) is 6.08 Å². The van der Waals surface area contributed by atoms with E-state index in [1.165, 1.54) is 0 Å². The second-order valence-corrected chi connectivity index (χ2v) is 2.04. The molecule has 0 aromatic carbocycles. The zero-order valence-electron chi connectivity index (χ0n) is 6.48. The van der Waals surface area contributed by atoms with E-state index in [1.54, 1.807) is 20.0 Å². The highest BCUT2D eigenvalue weighted by molar-refractivity contribution is 5.81. The summed E-state index contributed by atoms with van der Waals surface area (Å²) in [6.07, 6.45) is 1.65. The number of rotatable bonds is 4. The molecular formula is C7H14N2O. The minimum absolute atomic E-state index is 0.00222. The minimum Gasteiger partial charge on any atom is -0.351 e. The Labute approximate surface area is 61.5 Å². The van der Waals surface area contributed by atoms with Crippen molar-refractivity contribution in [3.8, 4) is 0 Å². The second kappa shape index (κ2) is 4.99. The first kappa shape index (κ1) is 9.17. The highest BCUT2D eigenvalue weighted by atomic mass is 16.2. The summed E-state index contributed by atoms with van der Waals surface area (Å²) in [6.45, 7) is 5.82. The van der Waals surface area contributed by atoms with E-state index < -0.39 is 0 Å². The molecule has 1 unspecified atom stereocenters. The molecule has 0 bridgehead atoms. The lowest BCUT2D eigenvalue weighted by atomic mass is 10.3. The molecule has 0 saturated heterocycles. The molecule has 1 atom stereocenters. The first-order valence-electron chi connectivity index (χ1n) is 3.28. The Kier molecular flexibility index (Phi) is 4.58. The third kappa shape index (κ3) is 3.25. The third-order valence-corrected chi connectivity index (χ3v) is 1.25. The summed E-state index contributed by atoms with van der Waals surface area (Å²) in [5.74, 6) is 0.00222. The van der Waals surface area contributed by atoms with Gasteiger partial charge < -0.3 is 10.6 Å². The van der Waals surface area contributed by atoms with Crippen LogP contribution in [0.1, 0.15) is 6.92 Å². The van der Waals surface area contributed by atoms with Crippen LogP contribution in [0.3, 0.4) is 0 Å². The average Bonchev–Trinajstić information content (AvgIpc) is 1.98. The van der Waals surface area contributed by atoms with Gasteiger partial charge in [-0.15, -0.1) is 6.58 Å². The molecule has 3 heteroatoms. The summed E-state index contributed by atoms with van der Waals surface area (Å²) in [5.41, 5.74) is 0. The molecule has 0 aliphatic rings. The van der Waals surface area contributed by atoms with Crippen molar-refractivity contribution in [2.75, 3.05) is 13.6 Å². The molecule has 0 radical (unpaired) electrons. The summed E-state index contributed by atoms with van der Waals surface area (Å²) in [6, 6.07) is -0.125. The summed E-state index contributed by atoms with van der Waals surface area (Å²) in [5, 5.41) is 5.49. The predicted octanol–water partition coefficient (Wildman–Crippen LogP) is -0.104. The number of carbonyl (C=O) groups is 1. The number of hydrogen-bond acceptors (Lipinski definition) is 2. The Morgan fingerprint density at radius 2 is 2.40 bits per heavy atom. The van der Waals surface area contributed by atoms with Gasteiger partial charge in [0.1, 0.15) is 0 Å². The standard InChI is InChI=1S/C7H14N2O/c1-4-5-9-7(10)6(2)8-3/h4,6,8H,1,5H2,2-3H3,(H,9,10). The Morgan fingerprint density at radius 3 is 2.80 bits per heavy atom. The first-order valence-corrected chi connectivity index (χ1v) is 3.28. The van der Waals surface area contributed by atoms with Crippen LogP contribution in [0.4, 0.5) is 0 Å². The summed E-state index contributed by atoms with van der Waals surface area (Å²) >= 11 is 0. The molecular weight excluding hydrogens is 128 g/mol. The van der Waals surface area contributed by atoms with Crippen LogP contribution < -0.4 is 10.6 Å². The third-order valence-electron chi connectivity index (χ3n) is 1.25. The molecule has 0 rings (SSSR count). The van der Waals surface area contributed by atoms with Crippen molar-refractivity contribution in [3.63, 3.8) is 0 Å². The number of nitrogens with one attached hydrogen (secondary N) is 2. The van der Waals surface area contributed by atoms with E-state index in [-0.39, 0.29) is 11.9 Å². The van der Waals surface area contributed by atoms with Gasteiger partial charge in [0.25, 0.3) is 0 Å². The van der Waals surface area contributed by atoms with Crippen LogP contribution in [-0.4, -0.2) is 25.5 Å². The maximum atomic E-state index is 10.9. The van der Waals surface area contributed by atoms with Crippen LogP contribution in [0, 0.1) is 0 Å². The second-order valence-electron chi connectivity index (χ2n) is 2.04. The van der Waals surface area contributed by atoms with E-state index in [0.717, 1.165) is 0 Å². The van der Waals surface area contributed by atoms with Gasteiger partial charge in [0.2, 0.25) is 5.91 Å². The molecule has 2 N–H and O–H groups in total. The molecule has 0 aromatic heterocycles. The van der Waals surface area contributed by atoms with Crippen molar-refractivity contribution in [2.24, 2.45) is 0 Å². The molecule has 0 heterocycles. The first-order chi connectivity index (χ1) is 4.72. The van der Waals surface area contributed by atoms with Crippen LogP contribution in [0.25, 0.3) is 0 Å². The summed E-state index contributed by atoms with van der Waals surface area (Å²) in [7, 11) is 1.75. The fraction of sp³-hybridized carbons (Fsp3) is 0.571. The van der Waals surface area contributed by atoms with Crippen molar-refractivity contribution < 1.29 is 4.79 Å². The zero-order chi connectivity index (χ0) is 7.98. The van der Waals surface area contributed by atoms with Gasteiger partial charge in [-0.2, -0.15) is 0 Å². The maximum absolute atomic E-state index is 10.9. The molecule has 0 aliphatic heterocycles. The van der Waals surface area contributed by atoms with Crippen molar-refractivity contribution in [1.29, 1.82) is 0 Å². The van der Waals surface area contributed by atoms with Crippen molar-refractivity contribution >= 4 is 5.91 Å². The zero-order valence-corrected chi connectivity index (χ0v) is 6.48. The van der Waals surface area contributed by atoms with Crippen molar-refractivity contribution in [2.45, 2.75) is 13.0 Å². The highest BCUT2D eigenvalue weighted by Crippen LogP contribution is 1.77. The van der Waals surface area contributed by atoms with Crippen molar-refractivity contribution in [1.82, 2.24) is 10.6 Å². The molecule has 0 spiro atoms. The molecule has 10 heavy (non-hydrogen) atoms. The van der Waals surface area contributed by atoms with Crippen LogP contribution in [0.5, 0.6) is 0 Å².